The highest BCUT2D eigenvalue weighted by atomic mass is 35.5. The van der Waals surface area contributed by atoms with E-state index in [-0.39, 0.29) is 23.2 Å². The number of rotatable bonds is 5. The van der Waals surface area contributed by atoms with Gasteiger partial charge in [0, 0.05) is 23.7 Å². The van der Waals surface area contributed by atoms with Crippen molar-refractivity contribution in [3.05, 3.63) is 59.1 Å². The molecule has 0 aromatic heterocycles. The number of amides is 1. The van der Waals surface area contributed by atoms with Crippen LogP contribution in [0.25, 0.3) is 0 Å². The van der Waals surface area contributed by atoms with E-state index in [2.05, 4.69) is 4.72 Å². The Balaban J connectivity index is 0.00000261. The molecule has 1 atom stereocenters. The minimum atomic E-state index is -3.82. The van der Waals surface area contributed by atoms with Gasteiger partial charge in [0.1, 0.15) is 0 Å². The van der Waals surface area contributed by atoms with E-state index in [9.17, 15) is 13.2 Å². The first-order chi connectivity index (χ1) is 12.4. The first kappa shape index (κ1) is 21.5. The second-order valence-electron chi connectivity index (χ2n) is 6.29. The summed E-state index contributed by atoms with van der Waals surface area (Å²) in [7, 11) is -3.82. The minimum absolute atomic E-state index is 0. The van der Waals surface area contributed by atoms with E-state index in [0.717, 1.165) is 6.42 Å². The Morgan fingerprint density at radius 3 is 2.63 bits per heavy atom. The molecule has 1 unspecified atom stereocenters. The quantitative estimate of drug-likeness (QED) is 0.763. The maximum atomic E-state index is 12.6. The van der Waals surface area contributed by atoms with Crippen LogP contribution in [0.3, 0.4) is 0 Å². The third-order valence-corrected chi connectivity index (χ3v) is 5.99. The maximum Gasteiger partial charge on any atom is 0.261 e. The molecule has 1 aliphatic heterocycles. The molecule has 1 saturated heterocycles. The van der Waals surface area contributed by atoms with Crippen LogP contribution in [0.15, 0.2) is 53.4 Å². The van der Waals surface area contributed by atoms with Crippen LogP contribution in [0.2, 0.25) is 5.02 Å². The van der Waals surface area contributed by atoms with E-state index in [1.165, 1.54) is 18.2 Å². The van der Waals surface area contributed by atoms with Gasteiger partial charge in [-0.05, 0) is 55.3 Å². The van der Waals surface area contributed by atoms with Gasteiger partial charge in [0.2, 0.25) is 0 Å². The minimum Gasteiger partial charge on any atom is -0.338 e. The van der Waals surface area contributed by atoms with Crippen molar-refractivity contribution >= 4 is 45.6 Å². The van der Waals surface area contributed by atoms with Crippen molar-refractivity contribution < 1.29 is 13.2 Å². The molecule has 1 aliphatic rings. The molecular weight excluding hydrogens is 409 g/mol. The summed E-state index contributed by atoms with van der Waals surface area (Å²) in [5, 5.41) is 0.428. The predicted octanol–water partition coefficient (Wildman–Crippen LogP) is 2.98. The third kappa shape index (κ3) is 5.13. The Morgan fingerprint density at radius 1 is 1.22 bits per heavy atom. The van der Waals surface area contributed by atoms with Gasteiger partial charge in [-0.2, -0.15) is 0 Å². The number of sulfonamides is 1. The van der Waals surface area contributed by atoms with E-state index in [0.29, 0.717) is 41.8 Å². The van der Waals surface area contributed by atoms with Gasteiger partial charge < -0.3 is 10.6 Å². The van der Waals surface area contributed by atoms with Gasteiger partial charge in [0.15, 0.2) is 0 Å². The van der Waals surface area contributed by atoms with Crippen LogP contribution in [-0.4, -0.2) is 38.9 Å². The summed E-state index contributed by atoms with van der Waals surface area (Å²) >= 11 is 5.89. The molecule has 0 aliphatic carbocycles. The molecule has 9 heteroatoms. The largest absolute Gasteiger partial charge is 0.338 e. The summed E-state index contributed by atoms with van der Waals surface area (Å²) in [6.45, 7) is 1.78. The van der Waals surface area contributed by atoms with Gasteiger partial charge >= 0.3 is 0 Å². The molecule has 2 aromatic carbocycles. The molecule has 3 rings (SSSR count). The summed E-state index contributed by atoms with van der Waals surface area (Å²) in [5.41, 5.74) is 6.37. The molecule has 27 heavy (non-hydrogen) atoms. The highest BCUT2D eigenvalue weighted by Crippen LogP contribution is 2.22. The second-order valence-corrected chi connectivity index (χ2v) is 8.40. The number of carbonyl (C=O) groups is 1. The SMILES string of the molecule is Cl.NCC1CCN(C(=O)c2cccc(S(=O)(=O)Nc3cccc(Cl)c3)c2)C1. The number of anilines is 1. The average Bonchev–Trinajstić information content (AvgIpc) is 3.10. The van der Waals surface area contributed by atoms with Crippen molar-refractivity contribution in [2.45, 2.75) is 11.3 Å². The Bertz CT molecular complexity index is 922. The number of nitrogens with one attached hydrogen (secondary N) is 1. The van der Waals surface area contributed by atoms with Gasteiger partial charge in [-0.25, -0.2) is 8.42 Å². The summed E-state index contributed by atoms with van der Waals surface area (Å²) in [4.78, 5) is 14.4. The molecule has 6 nitrogen and oxygen atoms in total. The fourth-order valence-corrected chi connectivity index (χ4v) is 4.24. The molecule has 2 aromatic rings. The Labute approximate surface area is 170 Å². The van der Waals surface area contributed by atoms with Crippen molar-refractivity contribution in [2.75, 3.05) is 24.4 Å². The van der Waals surface area contributed by atoms with Crippen molar-refractivity contribution in [1.82, 2.24) is 4.90 Å². The number of carbonyl (C=O) groups excluding carboxylic acids is 1. The van der Waals surface area contributed by atoms with Crippen molar-refractivity contribution in [3.8, 4) is 0 Å². The molecule has 146 valence electrons. The molecule has 1 fully saturated rings. The molecular formula is C18H21Cl2N3O3S. The van der Waals surface area contributed by atoms with Gasteiger partial charge in [0.25, 0.3) is 15.9 Å². The monoisotopic (exact) mass is 429 g/mol. The maximum absolute atomic E-state index is 12.6. The van der Waals surface area contributed by atoms with Crippen molar-refractivity contribution in [2.24, 2.45) is 11.7 Å². The number of benzene rings is 2. The van der Waals surface area contributed by atoms with Crippen LogP contribution in [0.5, 0.6) is 0 Å². The lowest BCUT2D eigenvalue weighted by Gasteiger charge is -2.17. The van der Waals surface area contributed by atoms with E-state index in [1.54, 1.807) is 35.2 Å². The van der Waals surface area contributed by atoms with Crippen molar-refractivity contribution in [3.63, 3.8) is 0 Å². The summed E-state index contributed by atoms with van der Waals surface area (Å²) in [6.07, 6.45) is 0.872. The third-order valence-electron chi connectivity index (χ3n) is 4.37. The topological polar surface area (TPSA) is 92.5 Å². The van der Waals surface area contributed by atoms with Gasteiger partial charge in [-0.1, -0.05) is 23.7 Å². The zero-order valence-corrected chi connectivity index (χ0v) is 16.9. The van der Waals surface area contributed by atoms with E-state index in [4.69, 9.17) is 17.3 Å². The van der Waals surface area contributed by atoms with Gasteiger partial charge in [-0.15, -0.1) is 12.4 Å². The van der Waals surface area contributed by atoms with Crippen LogP contribution in [0.4, 0.5) is 5.69 Å². The fraction of sp³-hybridized carbons (Fsp3) is 0.278. The zero-order chi connectivity index (χ0) is 18.7. The standard InChI is InChI=1S/C18H20ClN3O3S.ClH/c19-15-4-2-5-16(10-15)21-26(24,25)17-6-1-3-14(9-17)18(23)22-8-7-13(11-20)12-22;/h1-6,9-10,13,21H,7-8,11-12,20H2;1H. The lowest BCUT2D eigenvalue weighted by atomic mass is 10.1. The highest BCUT2D eigenvalue weighted by Gasteiger charge is 2.26. The van der Waals surface area contributed by atoms with Crippen LogP contribution >= 0.6 is 24.0 Å². The second kappa shape index (κ2) is 8.93. The Kier molecular flexibility index (Phi) is 7.11. The smallest absolute Gasteiger partial charge is 0.261 e. The number of hydrogen-bond acceptors (Lipinski definition) is 4. The van der Waals surface area contributed by atoms with Crippen LogP contribution in [-0.2, 0) is 10.0 Å². The number of halogens is 2. The Hall–Kier alpha value is -1.80. The zero-order valence-electron chi connectivity index (χ0n) is 14.5. The first-order valence-corrected chi connectivity index (χ1v) is 10.1. The van der Waals surface area contributed by atoms with E-state index >= 15 is 0 Å². The lowest BCUT2D eigenvalue weighted by Crippen LogP contribution is -2.30. The predicted molar refractivity (Wildman–Crippen MR) is 109 cm³/mol. The number of nitrogens with two attached hydrogens (primary N) is 1. The summed E-state index contributed by atoms with van der Waals surface area (Å²) in [5.74, 6) is 0.121. The molecule has 3 N–H and O–H groups in total. The van der Waals surface area contributed by atoms with Gasteiger partial charge in [-0.3, -0.25) is 9.52 Å². The molecule has 0 bridgehead atoms. The van der Waals surface area contributed by atoms with Crippen molar-refractivity contribution in [1.29, 1.82) is 0 Å². The number of hydrogen-bond donors (Lipinski definition) is 2. The number of likely N-dealkylation sites (tertiary alicyclic amines) is 1. The van der Waals surface area contributed by atoms with Crippen LogP contribution in [0.1, 0.15) is 16.8 Å². The molecule has 1 heterocycles. The summed E-state index contributed by atoms with van der Waals surface area (Å²) in [6, 6.07) is 12.5. The highest BCUT2D eigenvalue weighted by molar-refractivity contribution is 7.92. The molecule has 1 amide bonds. The van der Waals surface area contributed by atoms with Gasteiger partial charge in [0.05, 0.1) is 10.6 Å². The first-order valence-electron chi connectivity index (χ1n) is 8.27. The van der Waals surface area contributed by atoms with Crippen LogP contribution < -0.4 is 10.5 Å². The normalized spacial score (nSPS) is 16.7. The van der Waals surface area contributed by atoms with Crippen LogP contribution in [0, 0.1) is 5.92 Å². The average molecular weight is 430 g/mol. The van der Waals surface area contributed by atoms with E-state index in [1.807, 2.05) is 0 Å². The molecule has 0 spiro atoms. The lowest BCUT2D eigenvalue weighted by molar-refractivity contribution is 0.0787. The summed E-state index contributed by atoms with van der Waals surface area (Å²) < 4.78 is 27.7. The molecule has 0 radical (unpaired) electrons. The number of nitrogens with zero attached hydrogens (tertiary/aromatic N) is 1. The fourth-order valence-electron chi connectivity index (χ4n) is 2.95. The van der Waals surface area contributed by atoms with E-state index < -0.39 is 10.0 Å². The Morgan fingerprint density at radius 2 is 1.96 bits per heavy atom. The molecule has 0 saturated carbocycles.